The first-order chi connectivity index (χ1) is 8.84. The smallest absolute Gasteiger partial charge is 0.0908 e. The summed E-state index contributed by atoms with van der Waals surface area (Å²) >= 11 is 1.68. The number of hydrogen-bond acceptors (Lipinski definition) is 4. The molecule has 18 heavy (non-hydrogen) atoms. The number of rotatable bonds is 2. The van der Waals surface area contributed by atoms with Crippen molar-refractivity contribution >= 4 is 11.3 Å². The van der Waals surface area contributed by atoms with Gasteiger partial charge in [-0.1, -0.05) is 30.3 Å². The van der Waals surface area contributed by atoms with Gasteiger partial charge in [-0.15, -0.1) is 11.3 Å². The van der Waals surface area contributed by atoms with Crippen LogP contribution in [-0.2, 0) is 0 Å². The topological polar surface area (TPSA) is 38.7 Å². The minimum Gasteiger partial charge on any atom is -0.241 e. The molecule has 0 saturated carbocycles. The molecule has 0 fully saturated rings. The van der Waals surface area contributed by atoms with Gasteiger partial charge in [0.05, 0.1) is 28.0 Å². The fourth-order valence-corrected chi connectivity index (χ4v) is 2.77. The molecule has 88 valence electrons. The van der Waals surface area contributed by atoms with Crippen LogP contribution in [0.4, 0.5) is 0 Å². The van der Waals surface area contributed by atoms with E-state index in [1.165, 1.54) is 0 Å². The minimum absolute atomic E-state index is 1.02. The quantitative estimate of drug-likeness (QED) is 0.700. The van der Waals surface area contributed by atoms with Gasteiger partial charge in [-0.05, 0) is 13.0 Å². The van der Waals surface area contributed by atoms with Crippen molar-refractivity contribution in [3.05, 3.63) is 53.8 Å². The third kappa shape index (κ3) is 2.02. The molecule has 1 aromatic carbocycles. The van der Waals surface area contributed by atoms with Crippen LogP contribution in [0.5, 0.6) is 0 Å². The van der Waals surface area contributed by atoms with E-state index >= 15 is 0 Å². The Kier molecular flexibility index (Phi) is 2.86. The average Bonchev–Trinajstić information content (AvgIpc) is 2.83. The Hall–Kier alpha value is -2.07. The van der Waals surface area contributed by atoms with Crippen molar-refractivity contribution < 1.29 is 0 Å². The molecule has 4 heteroatoms. The summed E-state index contributed by atoms with van der Waals surface area (Å²) in [6, 6.07) is 12.2. The van der Waals surface area contributed by atoms with Crippen LogP contribution >= 0.6 is 11.3 Å². The van der Waals surface area contributed by atoms with Gasteiger partial charge in [0, 0.05) is 11.1 Å². The van der Waals surface area contributed by atoms with Crippen molar-refractivity contribution in [2.75, 3.05) is 0 Å². The lowest BCUT2D eigenvalue weighted by atomic mass is 10.1. The van der Waals surface area contributed by atoms with Crippen LogP contribution < -0.4 is 0 Å². The Bertz CT molecular complexity index is 590. The Morgan fingerprint density at radius 1 is 0.944 bits per heavy atom. The number of thiazole rings is 1. The highest BCUT2D eigenvalue weighted by atomic mass is 32.1. The molecule has 3 nitrogen and oxygen atoms in total. The van der Waals surface area contributed by atoms with Gasteiger partial charge in [0.15, 0.2) is 0 Å². The molecular formula is C14H11N3S. The van der Waals surface area contributed by atoms with Gasteiger partial charge in [0.1, 0.15) is 0 Å². The summed E-state index contributed by atoms with van der Waals surface area (Å²) in [6.07, 6.45) is 3.48. The highest BCUT2D eigenvalue weighted by Crippen LogP contribution is 2.35. The summed E-state index contributed by atoms with van der Waals surface area (Å²) in [5, 5.41) is 8.80. The molecule has 3 rings (SSSR count). The zero-order chi connectivity index (χ0) is 12.4. The lowest BCUT2D eigenvalue weighted by Gasteiger charge is -2.01. The van der Waals surface area contributed by atoms with E-state index in [9.17, 15) is 0 Å². The van der Waals surface area contributed by atoms with Crippen LogP contribution in [0.2, 0.25) is 0 Å². The van der Waals surface area contributed by atoms with Crippen molar-refractivity contribution in [2.24, 2.45) is 0 Å². The van der Waals surface area contributed by atoms with Gasteiger partial charge >= 0.3 is 0 Å². The van der Waals surface area contributed by atoms with Crippen molar-refractivity contribution in [3.63, 3.8) is 0 Å². The second kappa shape index (κ2) is 4.66. The van der Waals surface area contributed by atoms with E-state index in [-0.39, 0.29) is 0 Å². The van der Waals surface area contributed by atoms with Crippen LogP contribution in [0.15, 0.2) is 48.8 Å². The maximum absolute atomic E-state index is 4.63. The van der Waals surface area contributed by atoms with E-state index in [0.29, 0.717) is 0 Å². The fraction of sp³-hybridized carbons (Fsp3) is 0.0714. The summed E-state index contributed by atoms with van der Waals surface area (Å²) in [5.74, 6) is 0. The second-order valence-electron chi connectivity index (χ2n) is 3.91. The SMILES string of the molecule is Cc1nc(-c2ccccc2)c(-c2ccnnc2)s1. The van der Waals surface area contributed by atoms with Gasteiger partial charge in [0.2, 0.25) is 0 Å². The number of aryl methyl sites for hydroxylation is 1. The summed E-state index contributed by atoms with van der Waals surface area (Å²) in [4.78, 5) is 5.77. The Balaban J connectivity index is 2.17. The van der Waals surface area contributed by atoms with Gasteiger partial charge in [-0.2, -0.15) is 10.2 Å². The first-order valence-electron chi connectivity index (χ1n) is 5.64. The Morgan fingerprint density at radius 3 is 2.50 bits per heavy atom. The van der Waals surface area contributed by atoms with E-state index < -0.39 is 0 Å². The Morgan fingerprint density at radius 2 is 1.78 bits per heavy atom. The van der Waals surface area contributed by atoms with Crippen molar-refractivity contribution in [1.82, 2.24) is 15.2 Å². The average molecular weight is 253 g/mol. The lowest BCUT2D eigenvalue weighted by molar-refractivity contribution is 1.03. The second-order valence-corrected chi connectivity index (χ2v) is 5.11. The van der Waals surface area contributed by atoms with Crippen molar-refractivity contribution in [2.45, 2.75) is 6.92 Å². The molecule has 0 radical (unpaired) electrons. The highest BCUT2D eigenvalue weighted by molar-refractivity contribution is 7.15. The zero-order valence-corrected chi connectivity index (χ0v) is 10.7. The van der Waals surface area contributed by atoms with Crippen LogP contribution in [0, 0.1) is 6.92 Å². The summed E-state index contributed by atoms with van der Waals surface area (Å²) in [6.45, 7) is 2.02. The van der Waals surface area contributed by atoms with E-state index in [0.717, 1.165) is 26.7 Å². The van der Waals surface area contributed by atoms with E-state index in [4.69, 9.17) is 0 Å². The third-order valence-electron chi connectivity index (χ3n) is 2.63. The number of hydrogen-bond donors (Lipinski definition) is 0. The molecule has 0 aliphatic heterocycles. The molecule has 0 saturated heterocycles. The molecule has 0 bridgehead atoms. The molecule has 3 aromatic rings. The maximum atomic E-state index is 4.63. The Labute approximate surface area is 109 Å². The standard InChI is InChI=1S/C14H11N3S/c1-10-17-13(11-5-3-2-4-6-11)14(18-10)12-7-8-15-16-9-12/h2-9H,1H3. The van der Waals surface area contributed by atoms with Crippen molar-refractivity contribution in [1.29, 1.82) is 0 Å². The molecule has 0 unspecified atom stereocenters. The predicted octanol–water partition coefficient (Wildman–Crippen LogP) is 3.58. The first-order valence-corrected chi connectivity index (χ1v) is 6.46. The zero-order valence-electron chi connectivity index (χ0n) is 9.87. The van der Waals surface area contributed by atoms with Crippen LogP contribution in [-0.4, -0.2) is 15.2 Å². The maximum Gasteiger partial charge on any atom is 0.0908 e. The predicted molar refractivity (Wildman–Crippen MR) is 73.3 cm³/mol. The molecule has 0 amide bonds. The largest absolute Gasteiger partial charge is 0.241 e. The van der Waals surface area contributed by atoms with E-state index in [2.05, 4.69) is 27.3 Å². The minimum atomic E-state index is 1.02. The van der Waals surface area contributed by atoms with Gasteiger partial charge in [0.25, 0.3) is 0 Å². The summed E-state index contributed by atoms with van der Waals surface area (Å²) in [5.41, 5.74) is 3.22. The molecule has 0 N–H and O–H groups in total. The molecule has 0 spiro atoms. The summed E-state index contributed by atoms with van der Waals surface area (Å²) in [7, 11) is 0. The van der Waals surface area contributed by atoms with E-state index in [1.54, 1.807) is 23.7 Å². The van der Waals surface area contributed by atoms with E-state index in [1.807, 2.05) is 31.2 Å². The molecule has 0 aliphatic rings. The molecular weight excluding hydrogens is 242 g/mol. The normalized spacial score (nSPS) is 10.5. The number of benzene rings is 1. The molecule has 0 aliphatic carbocycles. The van der Waals surface area contributed by atoms with Crippen LogP contribution in [0.25, 0.3) is 21.7 Å². The number of nitrogens with zero attached hydrogens (tertiary/aromatic N) is 3. The molecule has 2 heterocycles. The molecule has 0 atom stereocenters. The fourth-order valence-electron chi connectivity index (χ4n) is 1.84. The lowest BCUT2D eigenvalue weighted by Crippen LogP contribution is -1.84. The van der Waals surface area contributed by atoms with Gasteiger partial charge in [-0.25, -0.2) is 4.98 Å². The highest BCUT2D eigenvalue weighted by Gasteiger charge is 2.12. The summed E-state index contributed by atoms with van der Waals surface area (Å²) < 4.78 is 0. The first kappa shape index (κ1) is 11.0. The molecule has 2 aromatic heterocycles. The van der Waals surface area contributed by atoms with Crippen molar-refractivity contribution in [3.8, 4) is 21.7 Å². The van der Waals surface area contributed by atoms with Gasteiger partial charge in [-0.3, -0.25) is 0 Å². The van der Waals surface area contributed by atoms with Gasteiger partial charge < -0.3 is 0 Å². The third-order valence-corrected chi connectivity index (χ3v) is 3.65. The van der Waals surface area contributed by atoms with Crippen LogP contribution in [0.3, 0.4) is 0 Å². The number of aromatic nitrogens is 3. The monoisotopic (exact) mass is 253 g/mol. The van der Waals surface area contributed by atoms with Crippen LogP contribution in [0.1, 0.15) is 5.01 Å².